The smallest absolute Gasteiger partial charge is 0.171 e. The van der Waals surface area contributed by atoms with Gasteiger partial charge in [0.1, 0.15) is 0 Å². The Morgan fingerprint density at radius 2 is 1.45 bits per heavy atom. The minimum atomic E-state index is -3.96. The molecule has 0 spiro atoms. The standard InChI is InChI=1S/C8H13F3/c1-7(2,3)5-4-6(5)8(9,10)11/h5-6H,4H2,1-3H3. The summed E-state index contributed by atoms with van der Waals surface area (Å²) in [6.07, 6.45) is -3.63. The number of rotatable bonds is 0. The second kappa shape index (κ2) is 2.14. The van der Waals surface area contributed by atoms with Crippen LogP contribution in [0, 0.1) is 17.3 Å². The van der Waals surface area contributed by atoms with Gasteiger partial charge in [0.2, 0.25) is 0 Å². The molecular weight excluding hydrogens is 153 g/mol. The predicted octanol–water partition coefficient (Wildman–Crippen LogP) is 3.23. The summed E-state index contributed by atoms with van der Waals surface area (Å²) in [5.41, 5.74) is -0.180. The number of halogens is 3. The van der Waals surface area contributed by atoms with Gasteiger partial charge in [0, 0.05) is 0 Å². The lowest BCUT2D eigenvalue weighted by Gasteiger charge is -2.18. The second-order valence-electron chi connectivity index (χ2n) is 4.36. The van der Waals surface area contributed by atoms with Gasteiger partial charge in [0.15, 0.2) is 0 Å². The highest BCUT2D eigenvalue weighted by Gasteiger charge is 2.59. The van der Waals surface area contributed by atoms with Crippen molar-refractivity contribution in [2.24, 2.45) is 17.3 Å². The quantitative estimate of drug-likeness (QED) is 0.518. The van der Waals surface area contributed by atoms with Crippen molar-refractivity contribution < 1.29 is 13.2 Å². The molecule has 0 aromatic carbocycles. The summed E-state index contributed by atoms with van der Waals surface area (Å²) in [7, 11) is 0. The Labute approximate surface area is 64.8 Å². The van der Waals surface area contributed by atoms with E-state index in [-0.39, 0.29) is 11.3 Å². The molecule has 0 aromatic heterocycles. The molecule has 1 fully saturated rings. The van der Waals surface area contributed by atoms with E-state index in [1.165, 1.54) is 0 Å². The van der Waals surface area contributed by atoms with Gasteiger partial charge in [0.05, 0.1) is 5.92 Å². The van der Waals surface area contributed by atoms with Crippen LogP contribution in [-0.4, -0.2) is 6.18 Å². The van der Waals surface area contributed by atoms with E-state index in [1.54, 1.807) is 0 Å². The van der Waals surface area contributed by atoms with E-state index < -0.39 is 12.1 Å². The molecule has 2 atom stereocenters. The monoisotopic (exact) mass is 166 g/mol. The SMILES string of the molecule is CC(C)(C)C1CC1C(F)(F)F. The number of hydrogen-bond acceptors (Lipinski definition) is 0. The number of alkyl halides is 3. The highest BCUT2D eigenvalue weighted by molar-refractivity contribution is 4.97. The molecule has 0 aliphatic heterocycles. The van der Waals surface area contributed by atoms with Crippen molar-refractivity contribution in [3.63, 3.8) is 0 Å². The third-order valence-electron chi connectivity index (χ3n) is 2.32. The van der Waals surface area contributed by atoms with Gasteiger partial charge in [-0.15, -0.1) is 0 Å². The summed E-state index contributed by atoms with van der Waals surface area (Å²) in [5, 5.41) is 0. The van der Waals surface area contributed by atoms with E-state index >= 15 is 0 Å². The summed E-state index contributed by atoms with van der Waals surface area (Å²) >= 11 is 0. The fourth-order valence-electron chi connectivity index (χ4n) is 1.51. The zero-order valence-corrected chi connectivity index (χ0v) is 7.00. The molecule has 1 aliphatic carbocycles. The van der Waals surface area contributed by atoms with E-state index in [0.29, 0.717) is 6.42 Å². The van der Waals surface area contributed by atoms with Crippen molar-refractivity contribution in [1.29, 1.82) is 0 Å². The Morgan fingerprint density at radius 3 is 1.55 bits per heavy atom. The first-order valence-corrected chi connectivity index (χ1v) is 3.79. The first-order chi connectivity index (χ1) is 4.73. The van der Waals surface area contributed by atoms with Crippen molar-refractivity contribution in [2.75, 3.05) is 0 Å². The molecule has 0 heterocycles. The molecule has 0 aromatic rings. The first kappa shape index (κ1) is 8.88. The Morgan fingerprint density at radius 1 is 1.00 bits per heavy atom. The molecular formula is C8H13F3. The van der Waals surface area contributed by atoms with Crippen molar-refractivity contribution in [2.45, 2.75) is 33.4 Å². The van der Waals surface area contributed by atoms with E-state index in [1.807, 2.05) is 20.8 Å². The summed E-state index contributed by atoms with van der Waals surface area (Å²) < 4.78 is 36.1. The van der Waals surface area contributed by atoms with Crippen LogP contribution in [0.3, 0.4) is 0 Å². The minimum Gasteiger partial charge on any atom is -0.171 e. The summed E-state index contributed by atoms with van der Waals surface area (Å²) in [6.45, 7) is 5.59. The largest absolute Gasteiger partial charge is 0.392 e. The average molecular weight is 166 g/mol. The number of hydrogen-bond donors (Lipinski definition) is 0. The molecule has 0 amide bonds. The van der Waals surface area contributed by atoms with Crippen LogP contribution in [0.15, 0.2) is 0 Å². The van der Waals surface area contributed by atoms with Gasteiger partial charge >= 0.3 is 6.18 Å². The molecule has 0 N–H and O–H groups in total. The Bertz CT molecular complexity index is 134. The van der Waals surface area contributed by atoms with Gasteiger partial charge in [-0.3, -0.25) is 0 Å². The van der Waals surface area contributed by atoms with Crippen molar-refractivity contribution >= 4 is 0 Å². The fraction of sp³-hybridized carbons (Fsp3) is 1.00. The fourth-order valence-corrected chi connectivity index (χ4v) is 1.51. The van der Waals surface area contributed by atoms with Gasteiger partial charge in [-0.25, -0.2) is 0 Å². The second-order valence-corrected chi connectivity index (χ2v) is 4.36. The van der Waals surface area contributed by atoms with Crippen LogP contribution in [0.1, 0.15) is 27.2 Å². The molecule has 0 bridgehead atoms. The van der Waals surface area contributed by atoms with Crippen LogP contribution in [0.25, 0.3) is 0 Å². The van der Waals surface area contributed by atoms with Crippen LogP contribution in [-0.2, 0) is 0 Å². The van der Waals surface area contributed by atoms with E-state index in [2.05, 4.69) is 0 Å². The van der Waals surface area contributed by atoms with Crippen LogP contribution < -0.4 is 0 Å². The van der Waals surface area contributed by atoms with Gasteiger partial charge in [0.25, 0.3) is 0 Å². The lowest BCUT2D eigenvalue weighted by atomic mass is 9.89. The van der Waals surface area contributed by atoms with E-state index in [4.69, 9.17) is 0 Å². The highest BCUT2D eigenvalue weighted by Crippen LogP contribution is 2.57. The molecule has 0 saturated heterocycles. The Hall–Kier alpha value is -0.210. The highest BCUT2D eigenvalue weighted by atomic mass is 19.4. The normalized spacial score (nSPS) is 32.2. The van der Waals surface area contributed by atoms with Gasteiger partial charge < -0.3 is 0 Å². The lowest BCUT2D eigenvalue weighted by molar-refractivity contribution is -0.153. The Balaban J connectivity index is 2.51. The summed E-state index contributed by atoms with van der Waals surface area (Å²) in [5.74, 6) is -1.18. The molecule has 11 heavy (non-hydrogen) atoms. The Kier molecular flexibility index (Phi) is 1.73. The average Bonchev–Trinajstić information content (AvgIpc) is 2.30. The third-order valence-corrected chi connectivity index (χ3v) is 2.32. The maximum absolute atomic E-state index is 12.0. The van der Waals surface area contributed by atoms with Crippen LogP contribution in [0.5, 0.6) is 0 Å². The molecule has 0 radical (unpaired) electrons. The molecule has 1 rings (SSSR count). The molecule has 66 valence electrons. The molecule has 2 unspecified atom stereocenters. The van der Waals surface area contributed by atoms with Gasteiger partial charge in [-0.2, -0.15) is 13.2 Å². The zero-order chi connectivity index (χ0) is 8.86. The lowest BCUT2D eigenvalue weighted by Crippen LogP contribution is -2.18. The maximum Gasteiger partial charge on any atom is 0.392 e. The molecule has 3 heteroatoms. The third kappa shape index (κ3) is 1.88. The molecule has 0 nitrogen and oxygen atoms in total. The van der Waals surface area contributed by atoms with E-state index in [0.717, 1.165) is 0 Å². The topological polar surface area (TPSA) is 0 Å². The van der Waals surface area contributed by atoms with Crippen molar-refractivity contribution in [1.82, 2.24) is 0 Å². The first-order valence-electron chi connectivity index (χ1n) is 3.79. The van der Waals surface area contributed by atoms with Gasteiger partial charge in [-0.05, 0) is 17.8 Å². The zero-order valence-electron chi connectivity index (χ0n) is 7.00. The van der Waals surface area contributed by atoms with Crippen LogP contribution >= 0.6 is 0 Å². The minimum absolute atomic E-state index is 0.150. The van der Waals surface area contributed by atoms with Crippen LogP contribution in [0.2, 0.25) is 0 Å². The summed E-state index contributed by atoms with van der Waals surface area (Å²) in [6, 6.07) is 0. The van der Waals surface area contributed by atoms with Crippen LogP contribution in [0.4, 0.5) is 13.2 Å². The maximum atomic E-state index is 12.0. The van der Waals surface area contributed by atoms with Gasteiger partial charge in [-0.1, -0.05) is 20.8 Å². The molecule has 1 saturated carbocycles. The molecule has 1 aliphatic rings. The predicted molar refractivity (Wildman–Crippen MR) is 37.1 cm³/mol. The van der Waals surface area contributed by atoms with E-state index in [9.17, 15) is 13.2 Å². The summed E-state index contributed by atoms with van der Waals surface area (Å²) in [4.78, 5) is 0. The van der Waals surface area contributed by atoms with Crippen molar-refractivity contribution in [3.8, 4) is 0 Å². The van der Waals surface area contributed by atoms with Crippen molar-refractivity contribution in [3.05, 3.63) is 0 Å².